The van der Waals surface area contributed by atoms with Crippen molar-refractivity contribution in [1.29, 1.82) is 0 Å². The highest BCUT2D eigenvalue weighted by molar-refractivity contribution is 7.20. The molecule has 0 bridgehead atoms. The average molecular weight is 414 g/mol. The number of nitrogens with one attached hydrogen (secondary N) is 1. The maximum Gasteiger partial charge on any atom is 0.275 e. The van der Waals surface area contributed by atoms with Crippen molar-refractivity contribution in [3.63, 3.8) is 0 Å². The molecule has 3 aromatic rings. The van der Waals surface area contributed by atoms with E-state index >= 15 is 0 Å². The van der Waals surface area contributed by atoms with Crippen LogP contribution in [0.4, 0.5) is 11.5 Å². The molecule has 1 unspecified atom stereocenters. The Labute approximate surface area is 170 Å². The number of pyridine rings is 1. The minimum atomic E-state index is -0.265. The lowest BCUT2D eigenvalue weighted by Gasteiger charge is -2.32. The maximum absolute atomic E-state index is 12.4. The van der Waals surface area contributed by atoms with E-state index in [-0.39, 0.29) is 17.7 Å². The van der Waals surface area contributed by atoms with Gasteiger partial charge in [-0.2, -0.15) is 0 Å². The summed E-state index contributed by atoms with van der Waals surface area (Å²) in [5.41, 5.74) is 6.42. The summed E-state index contributed by atoms with van der Waals surface area (Å²) >= 11 is 3.04. The fourth-order valence-corrected chi connectivity index (χ4v) is 4.77. The lowest BCUT2D eigenvalue weighted by molar-refractivity contribution is -0.122. The molecule has 7 nitrogen and oxygen atoms in total. The summed E-state index contributed by atoms with van der Waals surface area (Å²) in [5, 5.41) is 7.40. The van der Waals surface area contributed by atoms with E-state index in [1.807, 2.05) is 23.6 Å². The number of anilines is 2. The largest absolute Gasteiger partial charge is 0.369 e. The number of carbonyl (C=O) groups is 2. The van der Waals surface area contributed by atoms with Crippen LogP contribution in [-0.4, -0.2) is 34.9 Å². The predicted octanol–water partition coefficient (Wildman–Crippen LogP) is 3.22. The van der Waals surface area contributed by atoms with Gasteiger partial charge in [-0.3, -0.25) is 9.59 Å². The van der Waals surface area contributed by atoms with Crippen molar-refractivity contribution in [3.05, 3.63) is 46.9 Å². The summed E-state index contributed by atoms with van der Waals surface area (Å²) in [6.07, 6.45) is 3.35. The van der Waals surface area contributed by atoms with E-state index in [1.165, 1.54) is 11.3 Å². The fraction of sp³-hybridized carbons (Fsp3) is 0.263. The number of carbonyl (C=O) groups excluding carboxylic acids is 2. The molecule has 3 aromatic heterocycles. The van der Waals surface area contributed by atoms with Gasteiger partial charge in [-0.05, 0) is 36.4 Å². The van der Waals surface area contributed by atoms with Crippen molar-refractivity contribution < 1.29 is 9.59 Å². The van der Waals surface area contributed by atoms with Gasteiger partial charge in [0.1, 0.15) is 16.5 Å². The summed E-state index contributed by atoms with van der Waals surface area (Å²) < 4.78 is 0. The molecule has 0 spiro atoms. The average Bonchev–Trinajstić information content (AvgIpc) is 3.40. The number of nitrogens with two attached hydrogens (primary N) is 1. The number of thiophene rings is 1. The number of nitrogens with zero attached hydrogens (tertiary/aromatic N) is 3. The van der Waals surface area contributed by atoms with Gasteiger partial charge in [-0.1, -0.05) is 6.07 Å². The number of piperidine rings is 1. The number of aromatic nitrogens is 2. The van der Waals surface area contributed by atoms with Gasteiger partial charge in [0.05, 0.1) is 22.7 Å². The number of amides is 2. The number of primary amides is 1. The molecule has 0 radical (unpaired) electrons. The highest BCUT2D eigenvalue weighted by atomic mass is 32.1. The molecule has 0 aliphatic carbocycles. The zero-order valence-electron chi connectivity index (χ0n) is 15.0. The van der Waals surface area contributed by atoms with E-state index in [0.717, 1.165) is 35.1 Å². The van der Waals surface area contributed by atoms with Gasteiger partial charge in [0.25, 0.3) is 5.91 Å². The van der Waals surface area contributed by atoms with Crippen molar-refractivity contribution in [3.8, 4) is 9.88 Å². The molecule has 1 saturated heterocycles. The summed E-state index contributed by atoms with van der Waals surface area (Å²) in [6, 6.07) is 7.59. The zero-order valence-corrected chi connectivity index (χ0v) is 16.6. The van der Waals surface area contributed by atoms with E-state index in [1.54, 1.807) is 29.0 Å². The second-order valence-corrected chi connectivity index (χ2v) is 8.37. The smallest absolute Gasteiger partial charge is 0.275 e. The van der Waals surface area contributed by atoms with Crippen LogP contribution < -0.4 is 16.0 Å². The highest BCUT2D eigenvalue weighted by Gasteiger charge is 2.24. The number of thiazole rings is 1. The minimum absolute atomic E-state index is 0.142. The molecule has 0 aromatic carbocycles. The number of hydrogen-bond donors (Lipinski definition) is 2. The van der Waals surface area contributed by atoms with E-state index in [0.29, 0.717) is 17.9 Å². The Morgan fingerprint density at radius 1 is 1.25 bits per heavy atom. The van der Waals surface area contributed by atoms with Crippen LogP contribution in [0.2, 0.25) is 0 Å². The molecule has 0 saturated carbocycles. The molecule has 1 aliphatic rings. The molecule has 4 rings (SSSR count). The molecule has 1 aliphatic heterocycles. The van der Waals surface area contributed by atoms with Gasteiger partial charge in [0.2, 0.25) is 5.91 Å². The van der Waals surface area contributed by atoms with Crippen LogP contribution in [0.3, 0.4) is 0 Å². The lowest BCUT2D eigenvalue weighted by Crippen LogP contribution is -2.41. The molecule has 3 N–H and O–H groups in total. The molecule has 9 heteroatoms. The van der Waals surface area contributed by atoms with Gasteiger partial charge in [0.15, 0.2) is 0 Å². The van der Waals surface area contributed by atoms with Crippen molar-refractivity contribution >= 4 is 46.0 Å². The summed E-state index contributed by atoms with van der Waals surface area (Å²) in [4.78, 5) is 35.8. The van der Waals surface area contributed by atoms with E-state index in [9.17, 15) is 9.59 Å². The van der Waals surface area contributed by atoms with Crippen molar-refractivity contribution in [2.24, 2.45) is 11.7 Å². The molecule has 2 amide bonds. The molecular weight excluding hydrogens is 394 g/mol. The molecular formula is C19H19N5O2S2. The predicted molar refractivity (Wildman–Crippen MR) is 112 cm³/mol. The van der Waals surface area contributed by atoms with Gasteiger partial charge in [-0.15, -0.1) is 22.7 Å². The van der Waals surface area contributed by atoms with Crippen LogP contribution >= 0.6 is 22.7 Å². The van der Waals surface area contributed by atoms with Crippen LogP contribution in [0.1, 0.15) is 23.3 Å². The standard InChI is InChI=1S/C19H19N5O2S2/c20-17(25)12-3-1-7-24(10-12)16-6-5-13(9-21-16)22-18(26)14-11-28-19(23-14)15-4-2-8-27-15/h2,4-6,8-9,11-12H,1,3,7,10H2,(H2,20,25)(H,22,26). The van der Waals surface area contributed by atoms with Crippen LogP contribution in [-0.2, 0) is 4.79 Å². The summed E-state index contributed by atoms with van der Waals surface area (Å²) in [6.45, 7) is 1.42. The third-order valence-electron chi connectivity index (χ3n) is 4.62. The third-order valence-corrected chi connectivity index (χ3v) is 6.50. The summed E-state index contributed by atoms with van der Waals surface area (Å²) in [5.74, 6) is 0.105. The van der Waals surface area contributed by atoms with E-state index < -0.39 is 0 Å². The molecule has 1 fully saturated rings. The van der Waals surface area contributed by atoms with E-state index in [4.69, 9.17) is 5.73 Å². The Kier molecular flexibility index (Phi) is 5.36. The first kappa shape index (κ1) is 18.6. The number of hydrogen-bond acceptors (Lipinski definition) is 7. The Hall–Kier alpha value is -2.78. The monoisotopic (exact) mass is 413 g/mol. The van der Waals surface area contributed by atoms with Crippen molar-refractivity contribution in [2.75, 3.05) is 23.3 Å². The second-order valence-electron chi connectivity index (χ2n) is 6.56. The second kappa shape index (κ2) is 8.07. The minimum Gasteiger partial charge on any atom is -0.369 e. The maximum atomic E-state index is 12.4. The van der Waals surface area contributed by atoms with Crippen molar-refractivity contribution in [2.45, 2.75) is 12.8 Å². The normalized spacial score (nSPS) is 16.7. The number of rotatable bonds is 5. The summed E-state index contributed by atoms with van der Waals surface area (Å²) in [7, 11) is 0. The molecule has 144 valence electrons. The Morgan fingerprint density at radius 3 is 2.86 bits per heavy atom. The lowest BCUT2D eigenvalue weighted by atomic mass is 9.97. The first-order chi connectivity index (χ1) is 13.6. The van der Waals surface area contributed by atoms with Crippen LogP contribution in [0.15, 0.2) is 41.2 Å². The van der Waals surface area contributed by atoms with Gasteiger partial charge >= 0.3 is 0 Å². The fourth-order valence-electron chi connectivity index (χ4n) is 3.15. The molecule has 4 heterocycles. The van der Waals surface area contributed by atoms with E-state index in [2.05, 4.69) is 20.2 Å². The first-order valence-electron chi connectivity index (χ1n) is 8.91. The molecule has 1 atom stereocenters. The Balaban J connectivity index is 1.40. The van der Waals surface area contributed by atoms with Gasteiger partial charge < -0.3 is 16.0 Å². The first-order valence-corrected chi connectivity index (χ1v) is 10.7. The zero-order chi connectivity index (χ0) is 19.5. The SMILES string of the molecule is NC(=O)C1CCCN(c2ccc(NC(=O)c3csc(-c4cccs4)n3)cn2)C1. The Bertz CT molecular complexity index is 969. The highest BCUT2D eigenvalue weighted by Crippen LogP contribution is 2.28. The Morgan fingerprint density at radius 2 is 2.14 bits per heavy atom. The van der Waals surface area contributed by atoms with Crippen LogP contribution in [0.5, 0.6) is 0 Å². The molecule has 28 heavy (non-hydrogen) atoms. The quantitative estimate of drug-likeness (QED) is 0.669. The van der Waals surface area contributed by atoms with Crippen LogP contribution in [0, 0.1) is 5.92 Å². The third kappa shape index (κ3) is 4.05. The van der Waals surface area contributed by atoms with Gasteiger partial charge in [-0.25, -0.2) is 9.97 Å². The topological polar surface area (TPSA) is 101 Å². The van der Waals surface area contributed by atoms with Crippen molar-refractivity contribution in [1.82, 2.24) is 9.97 Å². The van der Waals surface area contributed by atoms with Gasteiger partial charge in [0, 0.05) is 18.5 Å². The van der Waals surface area contributed by atoms with Crippen LogP contribution in [0.25, 0.3) is 9.88 Å².